The highest BCUT2D eigenvalue weighted by Crippen LogP contribution is 2.34. The van der Waals surface area contributed by atoms with E-state index in [1.165, 1.54) is 33.3 Å². The second-order valence-corrected chi connectivity index (χ2v) is 8.11. The quantitative estimate of drug-likeness (QED) is 0.307. The van der Waals surface area contributed by atoms with E-state index in [1.54, 1.807) is 30.7 Å². The Morgan fingerprint density at radius 3 is 2.23 bits per heavy atom. The number of hydrogen-bond donors (Lipinski definition) is 0. The fourth-order valence-corrected chi connectivity index (χ4v) is 3.95. The molecule has 176 valence electrons. The van der Waals surface area contributed by atoms with Crippen LogP contribution >= 0.6 is 11.6 Å². The fraction of sp³-hybridized carbons (Fsp3) is 0.0800. The summed E-state index contributed by atoms with van der Waals surface area (Å²) in [5, 5.41) is 5.18. The summed E-state index contributed by atoms with van der Waals surface area (Å²) in [7, 11) is 0. The largest absolute Gasteiger partial charge is 0.573 e. The molecule has 0 fully saturated rings. The van der Waals surface area contributed by atoms with Crippen LogP contribution in [0.3, 0.4) is 0 Å². The molecule has 0 aliphatic carbocycles. The van der Waals surface area contributed by atoms with Gasteiger partial charge in [0.05, 0.1) is 6.54 Å². The zero-order valence-corrected chi connectivity index (χ0v) is 18.7. The highest BCUT2D eigenvalue weighted by Gasteiger charge is 2.31. The Labute approximate surface area is 201 Å². The minimum Gasteiger partial charge on any atom is -0.406 e. The van der Waals surface area contributed by atoms with Gasteiger partial charge >= 0.3 is 12.1 Å². The molecule has 0 radical (unpaired) electrons. The van der Waals surface area contributed by atoms with E-state index in [0.717, 1.165) is 22.3 Å². The predicted octanol–water partition coefficient (Wildman–Crippen LogP) is 5.83. The van der Waals surface area contributed by atoms with Crippen molar-refractivity contribution in [3.63, 3.8) is 0 Å². The number of halogens is 4. The molecule has 0 bridgehead atoms. The average molecular weight is 497 g/mol. The maximum absolute atomic E-state index is 13.1. The lowest BCUT2D eigenvalue weighted by Gasteiger charge is -2.11. The first-order valence-electron chi connectivity index (χ1n) is 10.4. The number of fused-ring (bicyclic) bond motifs is 1. The van der Waals surface area contributed by atoms with Crippen molar-refractivity contribution >= 4 is 17.2 Å². The molecule has 10 heteroatoms. The molecule has 0 saturated heterocycles. The molecule has 0 amide bonds. The molecule has 0 atom stereocenters. The number of aromatic nitrogens is 4. The van der Waals surface area contributed by atoms with Crippen LogP contribution in [-0.4, -0.2) is 25.5 Å². The molecule has 0 aliphatic rings. The zero-order valence-electron chi connectivity index (χ0n) is 17.9. The van der Waals surface area contributed by atoms with Crippen LogP contribution < -0.4 is 10.4 Å². The number of alkyl halides is 3. The third-order valence-corrected chi connectivity index (χ3v) is 5.62. The van der Waals surface area contributed by atoms with Crippen LogP contribution in [0.4, 0.5) is 13.2 Å². The molecule has 35 heavy (non-hydrogen) atoms. The second-order valence-electron chi connectivity index (χ2n) is 7.67. The summed E-state index contributed by atoms with van der Waals surface area (Å²) in [6.45, 7) is 0.0683. The van der Waals surface area contributed by atoms with E-state index < -0.39 is 6.36 Å². The van der Waals surface area contributed by atoms with Crippen LogP contribution in [-0.2, 0) is 6.54 Å². The van der Waals surface area contributed by atoms with Gasteiger partial charge in [-0.2, -0.15) is 0 Å². The van der Waals surface area contributed by atoms with Gasteiger partial charge in [-0.25, -0.2) is 13.9 Å². The van der Waals surface area contributed by atoms with Crippen LogP contribution in [0.5, 0.6) is 5.75 Å². The molecule has 5 rings (SSSR count). The molecule has 3 heterocycles. The Bertz CT molecular complexity index is 1550. The Hall–Kier alpha value is -4.11. The number of nitrogens with zero attached hydrogens (tertiary/aromatic N) is 4. The maximum Gasteiger partial charge on any atom is 0.573 e. The Morgan fingerprint density at radius 2 is 1.57 bits per heavy atom. The van der Waals surface area contributed by atoms with Gasteiger partial charge in [0.15, 0.2) is 5.65 Å². The number of benzene rings is 2. The van der Waals surface area contributed by atoms with Gasteiger partial charge in [-0.05, 0) is 64.7 Å². The molecule has 6 nitrogen and oxygen atoms in total. The smallest absolute Gasteiger partial charge is 0.406 e. The van der Waals surface area contributed by atoms with Gasteiger partial charge in [0, 0.05) is 29.2 Å². The summed E-state index contributed by atoms with van der Waals surface area (Å²) >= 11 is 6.06. The van der Waals surface area contributed by atoms with Crippen molar-refractivity contribution in [3.05, 3.63) is 106 Å². The van der Waals surface area contributed by atoms with Crippen LogP contribution in [0.2, 0.25) is 5.02 Å². The van der Waals surface area contributed by atoms with E-state index in [1.807, 2.05) is 30.3 Å². The van der Waals surface area contributed by atoms with E-state index in [2.05, 4.69) is 14.8 Å². The van der Waals surface area contributed by atoms with Gasteiger partial charge < -0.3 is 4.74 Å². The lowest BCUT2D eigenvalue weighted by Crippen LogP contribution is -2.21. The summed E-state index contributed by atoms with van der Waals surface area (Å²) < 4.78 is 43.9. The highest BCUT2D eigenvalue weighted by molar-refractivity contribution is 6.30. The molecule has 0 saturated carbocycles. The predicted molar refractivity (Wildman–Crippen MR) is 125 cm³/mol. The minimum atomic E-state index is -4.77. The number of ether oxygens (including phenoxy) is 1. The zero-order chi connectivity index (χ0) is 24.6. The fourth-order valence-electron chi connectivity index (χ4n) is 3.82. The topological polar surface area (TPSA) is 61.4 Å². The first-order valence-corrected chi connectivity index (χ1v) is 10.8. The van der Waals surface area contributed by atoms with Crippen molar-refractivity contribution in [2.45, 2.75) is 12.9 Å². The molecular weight excluding hydrogens is 481 g/mol. The van der Waals surface area contributed by atoms with Crippen molar-refractivity contribution < 1.29 is 17.9 Å². The molecule has 5 aromatic rings. The van der Waals surface area contributed by atoms with Gasteiger partial charge in [0.1, 0.15) is 5.75 Å². The third-order valence-electron chi connectivity index (χ3n) is 5.37. The molecule has 0 N–H and O–H groups in total. The van der Waals surface area contributed by atoms with Crippen LogP contribution in [0.25, 0.3) is 27.9 Å². The van der Waals surface area contributed by atoms with E-state index >= 15 is 0 Å². The molecule has 3 aromatic heterocycles. The normalized spacial score (nSPS) is 11.7. The van der Waals surface area contributed by atoms with Crippen LogP contribution in [0, 0.1) is 0 Å². The highest BCUT2D eigenvalue weighted by atomic mass is 35.5. The SMILES string of the molecule is O=c1n(Cc2ccc(OC(F)(F)F)cc2)nc2c(-c3ccncc3)c(-c3ccc(Cl)cc3)ccn12. The maximum atomic E-state index is 13.1. The minimum absolute atomic E-state index is 0.0683. The van der Waals surface area contributed by atoms with Crippen molar-refractivity contribution in [3.8, 4) is 28.0 Å². The first-order chi connectivity index (χ1) is 16.8. The van der Waals surface area contributed by atoms with E-state index in [9.17, 15) is 18.0 Å². The van der Waals surface area contributed by atoms with Crippen LogP contribution in [0.15, 0.2) is 90.1 Å². The first kappa shape index (κ1) is 22.7. The summed E-state index contributed by atoms with van der Waals surface area (Å²) in [6.07, 6.45) is 0.190. The second kappa shape index (κ2) is 8.92. The molecular formula is C25H16ClF3N4O2. The average Bonchev–Trinajstić information content (AvgIpc) is 3.15. The summed E-state index contributed by atoms with van der Waals surface area (Å²) in [5.41, 5.74) is 3.95. The van der Waals surface area contributed by atoms with Crippen molar-refractivity contribution in [1.82, 2.24) is 19.2 Å². The van der Waals surface area contributed by atoms with Crippen molar-refractivity contribution in [2.24, 2.45) is 0 Å². The van der Waals surface area contributed by atoms with Gasteiger partial charge in [0.2, 0.25) is 0 Å². The lowest BCUT2D eigenvalue weighted by atomic mass is 9.96. The Morgan fingerprint density at radius 1 is 0.886 bits per heavy atom. The number of pyridine rings is 2. The van der Waals surface area contributed by atoms with E-state index in [-0.39, 0.29) is 18.0 Å². The molecule has 0 spiro atoms. The van der Waals surface area contributed by atoms with Crippen LogP contribution in [0.1, 0.15) is 5.56 Å². The number of hydrogen-bond acceptors (Lipinski definition) is 4. The molecule has 0 aliphatic heterocycles. The Kier molecular flexibility index (Phi) is 5.78. The van der Waals surface area contributed by atoms with Gasteiger partial charge in [-0.1, -0.05) is 35.9 Å². The molecule has 0 unspecified atom stereocenters. The number of rotatable bonds is 5. The molecule has 2 aromatic carbocycles. The van der Waals surface area contributed by atoms with E-state index in [4.69, 9.17) is 11.6 Å². The van der Waals surface area contributed by atoms with Crippen molar-refractivity contribution in [2.75, 3.05) is 0 Å². The third kappa shape index (κ3) is 4.76. The van der Waals surface area contributed by atoms with Gasteiger partial charge in [0.25, 0.3) is 0 Å². The summed E-state index contributed by atoms with van der Waals surface area (Å²) in [4.78, 5) is 17.2. The Balaban J connectivity index is 1.60. The lowest BCUT2D eigenvalue weighted by molar-refractivity contribution is -0.274. The van der Waals surface area contributed by atoms with Gasteiger partial charge in [-0.3, -0.25) is 4.98 Å². The monoisotopic (exact) mass is 496 g/mol. The standard InChI is InChI=1S/C25H16ClF3N4O2/c26-19-5-3-17(4-6-19)21-11-14-32-23(22(21)18-9-12-30-13-10-18)31-33(24(32)34)15-16-1-7-20(8-2-16)35-25(27,28)29/h1-14H,15H2. The summed E-state index contributed by atoms with van der Waals surface area (Å²) in [5.74, 6) is -0.337. The van der Waals surface area contributed by atoms with Gasteiger partial charge in [-0.15, -0.1) is 18.3 Å². The summed E-state index contributed by atoms with van der Waals surface area (Å²) in [6, 6.07) is 18.2. The van der Waals surface area contributed by atoms with E-state index in [0.29, 0.717) is 16.2 Å². The van der Waals surface area contributed by atoms with Crippen molar-refractivity contribution in [1.29, 1.82) is 0 Å².